The summed E-state index contributed by atoms with van der Waals surface area (Å²) in [6.45, 7) is 1.28. The molecular weight excluding hydrogens is 422 g/mol. The minimum Gasteiger partial charge on any atom is -0.325 e. The average Bonchev–Trinajstić information content (AvgIpc) is 3.27. The van der Waals surface area contributed by atoms with Crippen LogP contribution in [0.25, 0.3) is 0 Å². The predicted octanol–water partition coefficient (Wildman–Crippen LogP) is 2.50. The molecule has 8 nitrogen and oxygen atoms in total. The topological polar surface area (TPSA) is 98.8 Å². The van der Waals surface area contributed by atoms with Crippen molar-refractivity contribution in [1.82, 2.24) is 10.2 Å². The summed E-state index contributed by atoms with van der Waals surface area (Å²) in [6, 6.07) is 8.31. The van der Waals surface area contributed by atoms with Crippen molar-refractivity contribution in [2.24, 2.45) is 0 Å². The summed E-state index contributed by atoms with van der Waals surface area (Å²) in [5.74, 6) is -3.10. The van der Waals surface area contributed by atoms with E-state index >= 15 is 0 Å². The molecule has 1 atom stereocenters. The first-order chi connectivity index (χ1) is 15.2. The highest BCUT2D eigenvalue weighted by Gasteiger charge is 2.50. The number of amides is 5. The first-order valence-electron chi connectivity index (χ1n) is 9.99. The minimum atomic E-state index is -1.84. The van der Waals surface area contributed by atoms with Gasteiger partial charge in [0, 0.05) is 29.9 Å². The second-order valence-corrected chi connectivity index (χ2v) is 7.81. The lowest BCUT2D eigenvalue weighted by Gasteiger charge is -2.22. The van der Waals surface area contributed by atoms with Gasteiger partial charge < -0.3 is 15.5 Å². The molecule has 0 saturated carbocycles. The van der Waals surface area contributed by atoms with Crippen molar-refractivity contribution in [2.75, 3.05) is 23.3 Å². The number of nitrogens with one attached hydrogen (secondary N) is 2. The Kier molecular flexibility index (Phi) is 5.37. The molecule has 166 valence electrons. The SMILES string of the molecule is C[C@]1(c2cc(F)ccc2F)NC(=O)N(CC(=O)Nc2ccc(N3CCCC3=O)cc2)C1=O. The Bertz CT molecular complexity index is 1120. The molecule has 0 unspecified atom stereocenters. The van der Waals surface area contributed by atoms with E-state index in [-0.39, 0.29) is 11.5 Å². The van der Waals surface area contributed by atoms with Gasteiger partial charge in [-0.2, -0.15) is 0 Å². The monoisotopic (exact) mass is 442 g/mol. The van der Waals surface area contributed by atoms with Gasteiger partial charge in [0.15, 0.2) is 0 Å². The molecule has 2 saturated heterocycles. The fourth-order valence-electron chi connectivity index (χ4n) is 3.89. The number of anilines is 2. The normalized spacial score (nSPS) is 20.7. The molecule has 2 heterocycles. The van der Waals surface area contributed by atoms with Crippen LogP contribution in [0.4, 0.5) is 25.0 Å². The first kappa shape index (κ1) is 21.4. The highest BCUT2D eigenvalue weighted by atomic mass is 19.1. The molecule has 5 amide bonds. The quantitative estimate of drug-likeness (QED) is 0.695. The van der Waals surface area contributed by atoms with Crippen LogP contribution >= 0.6 is 0 Å². The molecule has 2 aliphatic heterocycles. The van der Waals surface area contributed by atoms with Crippen molar-refractivity contribution in [1.29, 1.82) is 0 Å². The highest BCUT2D eigenvalue weighted by Crippen LogP contribution is 2.31. The van der Waals surface area contributed by atoms with Crippen LogP contribution in [-0.4, -0.2) is 41.7 Å². The molecule has 4 rings (SSSR count). The molecular formula is C22H20F2N4O4. The molecule has 2 aromatic rings. The fraction of sp³-hybridized carbons (Fsp3) is 0.273. The predicted molar refractivity (Wildman–Crippen MR) is 111 cm³/mol. The van der Waals surface area contributed by atoms with Gasteiger partial charge in [0.1, 0.15) is 23.7 Å². The number of halogens is 2. The maximum atomic E-state index is 14.2. The van der Waals surface area contributed by atoms with Gasteiger partial charge in [-0.1, -0.05) is 0 Å². The standard InChI is InChI=1S/C22H20F2N4O4/c1-22(16-11-13(23)4-9-17(16)24)20(31)28(21(32)26-22)12-18(29)25-14-5-7-15(8-6-14)27-10-2-3-19(27)30/h4-9,11H,2-3,10,12H2,1H3,(H,25,29)(H,26,32)/t22-/m1/s1. The van der Waals surface area contributed by atoms with Crippen LogP contribution in [-0.2, 0) is 19.9 Å². The Morgan fingerprint density at radius 2 is 1.84 bits per heavy atom. The molecule has 0 bridgehead atoms. The molecule has 2 fully saturated rings. The number of carbonyl (C=O) groups excluding carboxylic acids is 4. The zero-order valence-electron chi connectivity index (χ0n) is 17.2. The van der Waals surface area contributed by atoms with E-state index in [1.165, 1.54) is 6.92 Å². The average molecular weight is 442 g/mol. The largest absolute Gasteiger partial charge is 0.325 e. The van der Waals surface area contributed by atoms with Gasteiger partial charge in [0.25, 0.3) is 5.91 Å². The van der Waals surface area contributed by atoms with Gasteiger partial charge in [-0.05, 0) is 55.8 Å². The summed E-state index contributed by atoms with van der Waals surface area (Å²) in [5, 5.41) is 4.92. The van der Waals surface area contributed by atoms with Crippen LogP contribution in [0.1, 0.15) is 25.3 Å². The lowest BCUT2D eigenvalue weighted by atomic mass is 9.91. The number of carbonyl (C=O) groups is 4. The minimum absolute atomic E-state index is 0.0399. The fourth-order valence-corrected chi connectivity index (χ4v) is 3.89. The van der Waals surface area contributed by atoms with Gasteiger partial charge >= 0.3 is 6.03 Å². The Hall–Kier alpha value is -3.82. The molecule has 0 radical (unpaired) electrons. The maximum absolute atomic E-state index is 14.2. The van der Waals surface area contributed by atoms with E-state index in [0.717, 1.165) is 24.6 Å². The zero-order valence-corrected chi connectivity index (χ0v) is 17.2. The van der Waals surface area contributed by atoms with Crippen LogP contribution in [0.5, 0.6) is 0 Å². The number of hydrogen-bond acceptors (Lipinski definition) is 4. The maximum Gasteiger partial charge on any atom is 0.325 e. The Labute approximate surface area is 182 Å². The van der Waals surface area contributed by atoms with Crippen molar-refractivity contribution < 1.29 is 28.0 Å². The molecule has 0 spiro atoms. The van der Waals surface area contributed by atoms with E-state index in [1.54, 1.807) is 29.2 Å². The first-order valence-corrected chi connectivity index (χ1v) is 9.99. The van der Waals surface area contributed by atoms with E-state index in [1.807, 2.05) is 0 Å². The third kappa shape index (κ3) is 3.79. The summed E-state index contributed by atoms with van der Waals surface area (Å²) in [4.78, 5) is 51.8. The number of imide groups is 1. The highest BCUT2D eigenvalue weighted by molar-refractivity contribution is 6.10. The third-order valence-corrected chi connectivity index (χ3v) is 5.58. The van der Waals surface area contributed by atoms with Crippen LogP contribution < -0.4 is 15.5 Å². The number of rotatable bonds is 5. The van der Waals surface area contributed by atoms with Gasteiger partial charge in [0.05, 0.1) is 0 Å². The summed E-state index contributed by atoms with van der Waals surface area (Å²) >= 11 is 0. The van der Waals surface area contributed by atoms with Crippen molar-refractivity contribution in [3.05, 3.63) is 59.7 Å². The third-order valence-electron chi connectivity index (χ3n) is 5.58. The van der Waals surface area contributed by atoms with Crippen molar-refractivity contribution in [2.45, 2.75) is 25.3 Å². The van der Waals surface area contributed by atoms with Crippen LogP contribution in [0.3, 0.4) is 0 Å². The van der Waals surface area contributed by atoms with Crippen LogP contribution in [0.15, 0.2) is 42.5 Å². The lowest BCUT2D eigenvalue weighted by Crippen LogP contribution is -2.42. The van der Waals surface area contributed by atoms with E-state index in [0.29, 0.717) is 29.2 Å². The molecule has 2 aliphatic rings. The number of hydrogen-bond donors (Lipinski definition) is 2. The molecule has 32 heavy (non-hydrogen) atoms. The Morgan fingerprint density at radius 1 is 1.12 bits per heavy atom. The summed E-state index contributed by atoms with van der Waals surface area (Å²) in [6.07, 6.45) is 1.30. The van der Waals surface area contributed by atoms with E-state index < -0.39 is 41.6 Å². The summed E-state index contributed by atoms with van der Waals surface area (Å²) < 4.78 is 27.8. The lowest BCUT2D eigenvalue weighted by molar-refractivity contribution is -0.133. The van der Waals surface area contributed by atoms with Crippen molar-refractivity contribution in [3.63, 3.8) is 0 Å². The van der Waals surface area contributed by atoms with Gasteiger partial charge in [-0.25, -0.2) is 13.6 Å². The summed E-state index contributed by atoms with van der Waals surface area (Å²) in [7, 11) is 0. The smallest absolute Gasteiger partial charge is 0.325 e. The molecule has 0 aliphatic carbocycles. The number of nitrogens with zero attached hydrogens (tertiary/aromatic N) is 2. The number of benzene rings is 2. The van der Waals surface area contributed by atoms with Crippen molar-refractivity contribution in [3.8, 4) is 0 Å². The van der Waals surface area contributed by atoms with Crippen LogP contribution in [0, 0.1) is 11.6 Å². The Balaban J connectivity index is 1.44. The molecule has 0 aromatic heterocycles. The second kappa shape index (κ2) is 8.03. The zero-order chi connectivity index (χ0) is 23.0. The van der Waals surface area contributed by atoms with Crippen molar-refractivity contribution >= 4 is 35.1 Å². The van der Waals surface area contributed by atoms with E-state index in [4.69, 9.17) is 0 Å². The van der Waals surface area contributed by atoms with Gasteiger partial charge in [-0.15, -0.1) is 0 Å². The van der Waals surface area contributed by atoms with Crippen LogP contribution in [0.2, 0.25) is 0 Å². The number of urea groups is 1. The van der Waals surface area contributed by atoms with E-state index in [2.05, 4.69) is 10.6 Å². The molecule has 2 aromatic carbocycles. The van der Waals surface area contributed by atoms with E-state index in [9.17, 15) is 28.0 Å². The Morgan fingerprint density at radius 3 is 2.50 bits per heavy atom. The summed E-state index contributed by atoms with van der Waals surface area (Å²) in [5.41, 5.74) is -1.04. The van der Waals surface area contributed by atoms with Gasteiger partial charge in [0.2, 0.25) is 11.8 Å². The second-order valence-electron chi connectivity index (χ2n) is 7.81. The molecule has 2 N–H and O–H groups in total. The molecule has 10 heteroatoms. The van der Waals surface area contributed by atoms with Gasteiger partial charge in [-0.3, -0.25) is 19.3 Å².